The molecule has 0 radical (unpaired) electrons. The SMILES string of the molecule is COc1cc(-c2ncc3cc(N4CCNCC4)ccc3n2)cn2cc(C)nc12. The van der Waals surface area contributed by atoms with E-state index in [4.69, 9.17) is 9.72 Å². The molecule has 0 spiro atoms. The summed E-state index contributed by atoms with van der Waals surface area (Å²) in [7, 11) is 1.65. The minimum absolute atomic E-state index is 0.675. The summed E-state index contributed by atoms with van der Waals surface area (Å²) in [6.07, 6.45) is 5.87. The summed E-state index contributed by atoms with van der Waals surface area (Å²) in [4.78, 5) is 16.3. The molecule has 142 valence electrons. The second-order valence-electron chi connectivity index (χ2n) is 7.08. The van der Waals surface area contributed by atoms with Gasteiger partial charge in [-0.05, 0) is 31.2 Å². The Bertz CT molecular complexity index is 1160. The molecule has 0 aliphatic carbocycles. The molecule has 0 atom stereocenters. The van der Waals surface area contributed by atoms with Gasteiger partial charge in [-0.15, -0.1) is 0 Å². The first-order chi connectivity index (χ1) is 13.7. The fourth-order valence-electron chi connectivity index (χ4n) is 3.74. The van der Waals surface area contributed by atoms with Crippen LogP contribution in [0.1, 0.15) is 5.69 Å². The summed E-state index contributed by atoms with van der Waals surface area (Å²) in [5.74, 6) is 1.39. The van der Waals surface area contributed by atoms with Crippen LogP contribution in [0.3, 0.4) is 0 Å². The van der Waals surface area contributed by atoms with Crippen molar-refractivity contribution in [3.63, 3.8) is 0 Å². The van der Waals surface area contributed by atoms with Crippen molar-refractivity contribution in [3.05, 3.63) is 48.5 Å². The molecule has 5 rings (SSSR count). The van der Waals surface area contributed by atoms with Crippen molar-refractivity contribution in [1.82, 2.24) is 24.7 Å². The minimum Gasteiger partial charge on any atom is -0.493 e. The van der Waals surface area contributed by atoms with Crippen LogP contribution in [0.25, 0.3) is 27.9 Å². The topological polar surface area (TPSA) is 67.6 Å². The van der Waals surface area contributed by atoms with Crippen LogP contribution >= 0.6 is 0 Å². The van der Waals surface area contributed by atoms with Gasteiger partial charge >= 0.3 is 0 Å². The van der Waals surface area contributed by atoms with Crippen molar-refractivity contribution in [2.45, 2.75) is 6.92 Å². The second-order valence-corrected chi connectivity index (χ2v) is 7.08. The Kier molecular flexibility index (Phi) is 4.09. The van der Waals surface area contributed by atoms with Crippen LogP contribution in [0.5, 0.6) is 5.75 Å². The number of anilines is 1. The Morgan fingerprint density at radius 2 is 1.93 bits per heavy atom. The van der Waals surface area contributed by atoms with Gasteiger partial charge in [0.05, 0.1) is 18.3 Å². The average molecular weight is 374 g/mol. The Labute approximate surface area is 163 Å². The number of pyridine rings is 1. The number of rotatable bonds is 3. The lowest BCUT2D eigenvalue weighted by molar-refractivity contribution is 0.417. The predicted molar refractivity (Wildman–Crippen MR) is 110 cm³/mol. The molecule has 7 nitrogen and oxygen atoms in total. The highest BCUT2D eigenvalue weighted by atomic mass is 16.5. The van der Waals surface area contributed by atoms with Gasteiger partial charge in [-0.3, -0.25) is 0 Å². The lowest BCUT2D eigenvalue weighted by atomic mass is 10.2. The third-order valence-corrected chi connectivity index (χ3v) is 5.16. The molecular weight excluding hydrogens is 352 g/mol. The maximum absolute atomic E-state index is 5.52. The van der Waals surface area contributed by atoms with Crippen LogP contribution in [0.4, 0.5) is 5.69 Å². The zero-order chi connectivity index (χ0) is 19.1. The molecule has 3 aromatic heterocycles. The highest BCUT2D eigenvalue weighted by Gasteiger charge is 2.13. The van der Waals surface area contributed by atoms with E-state index in [0.29, 0.717) is 11.6 Å². The Morgan fingerprint density at radius 3 is 2.75 bits per heavy atom. The van der Waals surface area contributed by atoms with Crippen LogP contribution in [-0.2, 0) is 0 Å². The number of nitrogens with zero attached hydrogens (tertiary/aromatic N) is 5. The molecule has 0 amide bonds. The van der Waals surface area contributed by atoms with Crippen LogP contribution in [-0.4, -0.2) is 52.6 Å². The van der Waals surface area contributed by atoms with Crippen LogP contribution in [0, 0.1) is 6.92 Å². The van der Waals surface area contributed by atoms with Gasteiger partial charge in [0, 0.05) is 61.4 Å². The molecule has 0 unspecified atom stereocenters. The summed E-state index contributed by atoms with van der Waals surface area (Å²) in [6, 6.07) is 8.34. The summed E-state index contributed by atoms with van der Waals surface area (Å²) in [5.41, 5.74) is 4.79. The maximum atomic E-state index is 5.52. The lowest BCUT2D eigenvalue weighted by Gasteiger charge is -2.29. The number of aromatic nitrogens is 4. The third-order valence-electron chi connectivity index (χ3n) is 5.16. The van der Waals surface area contributed by atoms with Crippen molar-refractivity contribution in [3.8, 4) is 17.1 Å². The molecule has 1 aromatic carbocycles. The summed E-state index contributed by atoms with van der Waals surface area (Å²) < 4.78 is 7.49. The maximum Gasteiger partial charge on any atom is 0.179 e. The summed E-state index contributed by atoms with van der Waals surface area (Å²) in [5, 5.41) is 4.44. The molecule has 4 heterocycles. The first-order valence-corrected chi connectivity index (χ1v) is 9.47. The van der Waals surface area contributed by atoms with Gasteiger partial charge in [0.25, 0.3) is 0 Å². The van der Waals surface area contributed by atoms with Gasteiger partial charge in [-0.1, -0.05) is 0 Å². The van der Waals surface area contributed by atoms with Crippen molar-refractivity contribution in [2.75, 3.05) is 38.2 Å². The number of methoxy groups -OCH3 is 1. The van der Waals surface area contributed by atoms with E-state index in [0.717, 1.165) is 54.0 Å². The van der Waals surface area contributed by atoms with Gasteiger partial charge in [0.2, 0.25) is 0 Å². The zero-order valence-corrected chi connectivity index (χ0v) is 16.0. The van der Waals surface area contributed by atoms with E-state index in [9.17, 15) is 0 Å². The standard InChI is InChI=1S/C21H22N6O/c1-14-12-27-13-16(10-19(28-2)21(27)24-14)20-23-11-15-9-17(3-4-18(15)25-20)26-7-5-22-6-8-26/h3-4,9-13,22H,5-8H2,1-2H3. The minimum atomic E-state index is 0.675. The fraction of sp³-hybridized carbons (Fsp3) is 0.286. The fourth-order valence-corrected chi connectivity index (χ4v) is 3.74. The van der Waals surface area contributed by atoms with E-state index in [-0.39, 0.29) is 0 Å². The van der Waals surface area contributed by atoms with Crippen LogP contribution in [0.15, 0.2) is 42.9 Å². The molecule has 1 fully saturated rings. The number of piperazine rings is 1. The van der Waals surface area contributed by atoms with Crippen molar-refractivity contribution >= 4 is 22.2 Å². The van der Waals surface area contributed by atoms with E-state index in [1.807, 2.05) is 36.0 Å². The second kappa shape index (κ2) is 6.76. The Hall–Kier alpha value is -3.19. The van der Waals surface area contributed by atoms with Crippen LogP contribution in [0.2, 0.25) is 0 Å². The number of ether oxygens (including phenoxy) is 1. The van der Waals surface area contributed by atoms with Gasteiger partial charge in [-0.25, -0.2) is 15.0 Å². The van der Waals surface area contributed by atoms with Gasteiger partial charge in [-0.2, -0.15) is 0 Å². The molecular formula is C21H22N6O. The molecule has 1 aliphatic rings. The van der Waals surface area contributed by atoms with Crippen molar-refractivity contribution in [1.29, 1.82) is 0 Å². The zero-order valence-electron chi connectivity index (χ0n) is 16.0. The Balaban J connectivity index is 1.55. The molecule has 1 N–H and O–H groups in total. The summed E-state index contributed by atoms with van der Waals surface area (Å²) >= 11 is 0. The smallest absolute Gasteiger partial charge is 0.179 e. The Morgan fingerprint density at radius 1 is 1.07 bits per heavy atom. The van der Waals surface area contributed by atoms with E-state index < -0.39 is 0 Å². The van der Waals surface area contributed by atoms with Gasteiger partial charge in [0.15, 0.2) is 17.2 Å². The molecule has 4 aromatic rings. The molecule has 7 heteroatoms. The van der Waals surface area contributed by atoms with E-state index in [1.165, 1.54) is 5.69 Å². The quantitative estimate of drug-likeness (QED) is 0.595. The first kappa shape index (κ1) is 16.9. The number of hydrogen-bond donors (Lipinski definition) is 1. The molecule has 0 bridgehead atoms. The van der Waals surface area contributed by atoms with E-state index >= 15 is 0 Å². The number of nitrogens with one attached hydrogen (secondary N) is 1. The first-order valence-electron chi connectivity index (χ1n) is 9.47. The molecule has 28 heavy (non-hydrogen) atoms. The highest BCUT2D eigenvalue weighted by Crippen LogP contribution is 2.28. The van der Waals surface area contributed by atoms with Crippen LogP contribution < -0.4 is 15.0 Å². The molecule has 1 aliphatic heterocycles. The lowest BCUT2D eigenvalue weighted by Crippen LogP contribution is -2.43. The number of aryl methyl sites for hydroxylation is 1. The third kappa shape index (κ3) is 2.93. The number of benzene rings is 1. The normalized spacial score (nSPS) is 14.7. The van der Waals surface area contributed by atoms with Crippen molar-refractivity contribution < 1.29 is 4.74 Å². The average Bonchev–Trinajstić information content (AvgIpc) is 3.13. The predicted octanol–water partition coefficient (Wildman–Crippen LogP) is 2.67. The van der Waals surface area contributed by atoms with E-state index in [2.05, 4.69) is 38.4 Å². The number of imidazole rings is 1. The molecule has 0 saturated carbocycles. The van der Waals surface area contributed by atoms with Gasteiger partial charge in [0.1, 0.15) is 0 Å². The monoisotopic (exact) mass is 374 g/mol. The number of fused-ring (bicyclic) bond motifs is 2. The highest BCUT2D eigenvalue weighted by molar-refractivity contribution is 5.83. The summed E-state index contributed by atoms with van der Waals surface area (Å²) in [6.45, 7) is 6.05. The van der Waals surface area contributed by atoms with Gasteiger partial charge < -0.3 is 19.4 Å². The van der Waals surface area contributed by atoms with Crippen molar-refractivity contribution in [2.24, 2.45) is 0 Å². The van der Waals surface area contributed by atoms with E-state index in [1.54, 1.807) is 7.11 Å². The largest absolute Gasteiger partial charge is 0.493 e. The molecule has 1 saturated heterocycles. The number of hydrogen-bond acceptors (Lipinski definition) is 6.